The Labute approximate surface area is 136 Å². The lowest BCUT2D eigenvalue weighted by Crippen LogP contribution is -2.38. The number of aryl methyl sites for hydroxylation is 1. The fraction of sp³-hybridized carbons (Fsp3) is 0.471. The van der Waals surface area contributed by atoms with Gasteiger partial charge in [-0.15, -0.1) is 0 Å². The van der Waals surface area contributed by atoms with E-state index >= 15 is 0 Å². The average Bonchev–Trinajstić information content (AvgIpc) is 2.71. The number of hydrogen-bond acceptors (Lipinski definition) is 3. The molecular weight excluding hydrogens is 294 g/mol. The van der Waals surface area contributed by atoms with Crippen molar-refractivity contribution >= 4 is 23.5 Å². The SMILES string of the molecule is Cc1cccc(NC(=O)CN2C(=O)NC(CC(C)C)C2=O)c1C. The smallest absolute Gasteiger partial charge is 0.325 e. The number of nitrogens with one attached hydrogen (secondary N) is 2. The molecule has 1 heterocycles. The quantitative estimate of drug-likeness (QED) is 0.817. The standard InChI is InChI=1S/C17H23N3O3/c1-10(2)8-14-16(22)20(17(23)19-14)9-15(21)18-13-7-5-6-11(3)12(13)4/h5-7,10,14H,8-9H2,1-4H3,(H,18,21)(H,19,23). The van der Waals surface area contributed by atoms with Crippen LogP contribution in [0.15, 0.2) is 18.2 Å². The minimum atomic E-state index is -0.531. The molecule has 0 bridgehead atoms. The monoisotopic (exact) mass is 317 g/mol. The minimum Gasteiger partial charge on any atom is -0.326 e. The van der Waals surface area contributed by atoms with Gasteiger partial charge in [0.25, 0.3) is 5.91 Å². The first-order valence-corrected chi connectivity index (χ1v) is 7.77. The van der Waals surface area contributed by atoms with E-state index in [4.69, 9.17) is 0 Å². The second kappa shape index (κ2) is 6.81. The molecule has 1 aliphatic heterocycles. The highest BCUT2D eigenvalue weighted by molar-refractivity contribution is 6.08. The van der Waals surface area contributed by atoms with E-state index in [2.05, 4.69) is 10.6 Å². The van der Waals surface area contributed by atoms with Crippen LogP contribution in [-0.2, 0) is 9.59 Å². The number of rotatable bonds is 5. The number of benzene rings is 1. The molecule has 0 spiro atoms. The first-order valence-electron chi connectivity index (χ1n) is 7.77. The maximum absolute atomic E-state index is 12.2. The number of nitrogens with zero attached hydrogens (tertiary/aromatic N) is 1. The maximum atomic E-state index is 12.2. The highest BCUT2D eigenvalue weighted by Gasteiger charge is 2.38. The molecule has 6 heteroatoms. The topological polar surface area (TPSA) is 78.5 Å². The van der Waals surface area contributed by atoms with Crippen molar-refractivity contribution in [2.45, 2.75) is 40.2 Å². The number of hydrogen-bond donors (Lipinski definition) is 2. The Morgan fingerprint density at radius 3 is 2.65 bits per heavy atom. The molecule has 2 N–H and O–H groups in total. The van der Waals surface area contributed by atoms with Gasteiger partial charge in [-0.2, -0.15) is 0 Å². The van der Waals surface area contributed by atoms with Crippen molar-refractivity contribution in [1.29, 1.82) is 0 Å². The molecule has 1 atom stereocenters. The van der Waals surface area contributed by atoms with Crippen LogP contribution >= 0.6 is 0 Å². The summed E-state index contributed by atoms with van der Waals surface area (Å²) in [6, 6.07) is 4.57. The third-order valence-electron chi connectivity index (χ3n) is 3.99. The van der Waals surface area contributed by atoms with Gasteiger partial charge in [-0.3, -0.25) is 14.5 Å². The summed E-state index contributed by atoms with van der Waals surface area (Å²) < 4.78 is 0. The van der Waals surface area contributed by atoms with E-state index < -0.39 is 12.1 Å². The van der Waals surface area contributed by atoms with Gasteiger partial charge in [0.2, 0.25) is 5.91 Å². The van der Waals surface area contributed by atoms with Gasteiger partial charge in [0.15, 0.2) is 0 Å². The number of imide groups is 1. The van der Waals surface area contributed by atoms with Crippen LogP contribution in [0.2, 0.25) is 0 Å². The van der Waals surface area contributed by atoms with Gasteiger partial charge >= 0.3 is 6.03 Å². The number of urea groups is 1. The Morgan fingerprint density at radius 1 is 1.30 bits per heavy atom. The minimum absolute atomic E-state index is 0.271. The third kappa shape index (κ3) is 3.88. The molecule has 0 aromatic heterocycles. The summed E-state index contributed by atoms with van der Waals surface area (Å²) in [7, 11) is 0. The molecular formula is C17H23N3O3. The van der Waals surface area contributed by atoms with Crippen LogP contribution in [-0.4, -0.2) is 35.3 Å². The van der Waals surface area contributed by atoms with Crippen molar-refractivity contribution in [1.82, 2.24) is 10.2 Å². The summed E-state index contributed by atoms with van der Waals surface area (Å²) in [6.07, 6.45) is 0.569. The molecule has 1 saturated heterocycles. The molecule has 124 valence electrons. The highest BCUT2D eigenvalue weighted by atomic mass is 16.2. The van der Waals surface area contributed by atoms with Crippen LogP contribution in [0.4, 0.5) is 10.5 Å². The van der Waals surface area contributed by atoms with E-state index in [0.717, 1.165) is 16.0 Å². The Bertz CT molecular complexity index is 640. The zero-order valence-electron chi connectivity index (χ0n) is 14.0. The lowest BCUT2D eigenvalue weighted by Gasteiger charge is -2.15. The predicted molar refractivity (Wildman–Crippen MR) is 88.0 cm³/mol. The normalized spacial score (nSPS) is 17.6. The Kier molecular flexibility index (Phi) is 5.03. The summed E-state index contributed by atoms with van der Waals surface area (Å²) in [5, 5.41) is 5.39. The van der Waals surface area contributed by atoms with E-state index in [0.29, 0.717) is 12.1 Å². The van der Waals surface area contributed by atoms with Gasteiger partial charge in [-0.25, -0.2) is 4.79 Å². The van der Waals surface area contributed by atoms with Gasteiger partial charge < -0.3 is 10.6 Å². The average molecular weight is 317 g/mol. The van der Waals surface area contributed by atoms with E-state index in [1.54, 1.807) is 6.07 Å². The first kappa shape index (κ1) is 17.0. The first-order chi connectivity index (χ1) is 10.8. The Hall–Kier alpha value is -2.37. The highest BCUT2D eigenvalue weighted by Crippen LogP contribution is 2.18. The van der Waals surface area contributed by atoms with Crippen LogP contribution in [0.3, 0.4) is 0 Å². The molecule has 1 aromatic rings. The molecule has 0 radical (unpaired) electrons. The van der Waals surface area contributed by atoms with Crippen molar-refractivity contribution in [2.24, 2.45) is 5.92 Å². The predicted octanol–water partition coefficient (Wildman–Crippen LogP) is 2.21. The largest absolute Gasteiger partial charge is 0.326 e. The van der Waals surface area contributed by atoms with Crippen LogP contribution in [0.25, 0.3) is 0 Å². The molecule has 2 rings (SSSR count). The summed E-state index contributed by atoms with van der Waals surface area (Å²) in [5.74, 6) is -0.430. The van der Waals surface area contributed by atoms with Crippen molar-refractivity contribution in [3.05, 3.63) is 29.3 Å². The maximum Gasteiger partial charge on any atom is 0.325 e. The van der Waals surface area contributed by atoms with Crippen molar-refractivity contribution < 1.29 is 14.4 Å². The van der Waals surface area contributed by atoms with Crippen molar-refractivity contribution in [3.63, 3.8) is 0 Å². The zero-order valence-corrected chi connectivity index (χ0v) is 14.0. The summed E-state index contributed by atoms with van der Waals surface area (Å²) in [4.78, 5) is 37.3. The lowest BCUT2D eigenvalue weighted by molar-refractivity contribution is -0.131. The second-order valence-corrected chi connectivity index (χ2v) is 6.35. The number of carbonyl (C=O) groups excluding carboxylic acids is 3. The van der Waals surface area contributed by atoms with Crippen LogP contribution < -0.4 is 10.6 Å². The molecule has 0 aliphatic carbocycles. The van der Waals surface area contributed by atoms with Gasteiger partial charge in [-0.05, 0) is 43.4 Å². The van der Waals surface area contributed by atoms with E-state index in [-0.39, 0.29) is 24.3 Å². The summed E-state index contributed by atoms with van der Waals surface area (Å²) >= 11 is 0. The lowest BCUT2D eigenvalue weighted by atomic mass is 10.0. The van der Waals surface area contributed by atoms with Gasteiger partial charge in [-0.1, -0.05) is 26.0 Å². The second-order valence-electron chi connectivity index (χ2n) is 6.35. The molecule has 4 amide bonds. The van der Waals surface area contributed by atoms with Gasteiger partial charge in [0.1, 0.15) is 12.6 Å². The van der Waals surface area contributed by atoms with E-state index in [1.807, 2.05) is 39.8 Å². The van der Waals surface area contributed by atoms with Crippen molar-refractivity contribution in [3.8, 4) is 0 Å². The molecule has 6 nitrogen and oxygen atoms in total. The van der Waals surface area contributed by atoms with E-state index in [1.165, 1.54) is 0 Å². The van der Waals surface area contributed by atoms with E-state index in [9.17, 15) is 14.4 Å². The Balaban J connectivity index is 2.01. The molecule has 1 aliphatic rings. The molecule has 0 saturated carbocycles. The van der Waals surface area contributed by atoms with Crippen LogP contribution in [0, 0.1) is 19.8 Å². The van der Waals surface area contributed by atoms with Crippen LogP contribution in [0.5, 0.6) is 0 Å². The summed E-state index contributed by atoms with van der Waals surface area (Å²) in [6.45, 7) is 7.56. The summed E-state index contributed by atoms with van der Waals surface area (Å²) in [5.41, 5.74) is 2.73. The molecule has 1 unspecified atom stereocenters. The third-order valence-corrected chi connectivity index (χ3v) is 3.99. The fourth-order valence-corrected chi connectivity index (χ4v) is 2.58. The molecule has 1 aromatic carbocycles. The fourth-order valence-electron chi connectivity index (χ4n) is 2.58. The van der Waals surface area contributed by atoms with Gasteiger partial charge in [0, 0.05) is 5.69 Å². The van der Waals surface area contributed by atoms with Crippen molar-refractivity contribution in [2.75, 3.05) is 11.9 Å². The number of carbonyl (C=O) groups is 3. The Morgan fingerprint density at radius 2 is 2.00 bits per heavy atom. The number of anilines is 1. The van der Waals surface area contributed by atoms with Crippen LogP contribution in [0.1, 0.15) is 31.4 Å². The van der Waals surface area contributed by atoms with Gasteiger partial charge in [0.05, 0.1) is 0 Å². The zero-order chi connectivity index (χ0) is 17.1. The molecule has 23 heavy (non-hydrogen) atoms. The molecule has 1 fully saturated rings. The number of amides is 4.